The summed E-state index contributed by atoms with van der Waals surface area (Å²) in [6, 6.07) is 13.7. The van der Waals surface area contributed by atoms with Gasteiger partial charge in [-0.05, 0) is 31.2 Å². The number of benzene rings is 2. The summed E-state index contributed by atoms with van der Waals surface area (Å²) in [5.41, 5.74) is 2.25. The molecule has 2 aromatic carbocycles. The number of hydrogen-bond donors (Lipinski definition) is 0. The van der Waals surface area contributed by atoms with E-state index in [4.69, 9.17) is 8.60 Å². The third-order valence-corrected chi connectivity index (χ3v) is 4.26. The monoisotopic (exact) mass is 303 g/mol. The minimum Gasteiger partial charge on any atom is -0.438 e. The maximum atomic E-state index is 12.0. The van der Waals surface area contributed by atoms with Gasteiger partial charge in [-0.1, -0.05) is 29.8 Å². The predicted octanol–water partition coefficient (Wildman–Crippen LogP) is 3.04. The number of fused-ring (bicyclic) bond motifs is 1. The van der Waals surface area contributed by atoms with Gasteiger partial charge in [0.25, 0.3) is 10.1 Å². The van der Waals surface area contributed by atoms with Gasteiger partial charge in [0.15, 0.2) is 5.58 Å². The van der Waals surface area contributed by atoms with E-state index in [9.17, 15) is 8.42 Å². The van der Waals surface area contributed by atoms with E-state index in [2.05, 4.69) is 4.98 Å². The molecule has 0 N–H and O–H groups in total. The number of rotatable bonds is 4. The van der Waals surface area contributed by atoms with Gasteiger partial charge < -0.3 is 4.42 Å². The number of nitrogens with zero attached hydrogens (tertiary/aromatic N) is 1. The zero-order valence-corrected chi connectivity index (χ0v) is 12.1. The Hall–Kier alpha value is -2.18. The van der Waals surface area contributed by atoms with Gasteiger partial charge in [0, 0.05) is 0 Å². The Morgan fingerprint density at radius 1 is 1.10 bits per heavy atom. The fourth-order valence-corrected chi connectivity index (χ4v) is 2.74. The molecule has 21 heavy (non-hydrogen) atoms. The molecule has 6 heteroatoms. The molecule has 1 aromatic heterocycles. The highest BCUT2D eigenvalue weighted by atomic mass is 32.2. The Kier molecular flexibility index (Phi) is 3.48. The van der Waals surface area contributed by atoms with Crippen molar-refractivity contribution in [2.75, 3.05) is 0 Å². The molecule has 1 heterocycles. The minimum absolute atomic E-state index is 0.115. The van der Waals surface area contributed by atoms with E-state index >= 15 is 0 Å². The molecule has 0 bridgehead atoms. The Labute approximate surface area is 122 Å². The first-order valence-electron chi connectivity index (χ1n) is 6.35. The number of para-hydroxylation sites is 2. The fraction of sp³-hybridized carbons (Fsp3) is 0.133. The fourth-order valence-electron chi connectivity index (χ4n) is 1.88. The summed E-state index contributed by atoms with van der Waals surface area (Å²) >= 11 is 0. The third kappa shape index (κ3) is 2.96. The van der Waals surface area contributed by atoms with E-state index in [1.54, 1.807) is 24.3 Å². The average molecular weight is 303 g/mol. The summed E-state index contributed by atoms with van der Waals surface area (Å²) in [6.45, 7) is 1.65. The Bertz CT molecular complexity index is 833. The van der Waals surface area contributed by atoms with E-state index in [0.717, 1.165) is 5.56 Å². The SMILES string of the molecule is Cc1ccc(S(=O)(=O)OCc2nc3ccccc3o2)cc1. The molecule has 3 rings (SSSR count). The molecule has 0 amide bonds. The topological polar surface area (TPSA) is 69.4 Å². The number of oxazole rings is 1. The van der Waals surface area contributed by atoms with E-state index < -0.39 is 10.1 Å². The predicted molar refractivity (Wildman–Crippen MR) is 77.2 cm³/mol. The molecule has 0 aliphatic heterocycles. The van der Waals surface area contributed by atoms with Crippen molar-refractivity contribution in [2.24, 2.45) is 0 Å². The van der Waals surface area contributed by atoms with Gasteiger partial charge in [-0.2, -0.15) is 8.42 Å². The standard InChI is InChI=1S/C15H13NO4S/c1-11-6-8-12(9-7-11)21(17,18)19-10-15-16-13-4-2-3-5-14(13)20-15/h2-9H,10H2,1H3. The quantitative estimate of drug-likeness (QED) is 0.693. The van der Waals surface area contributed by atoms with Crippen molar-refractivity contribution in [2.45, 2.75) is 18.4 Å². The molecule has 0 aliphatic carbocycles. The highest BCUT2D eigenvalue weighted by Gasteiger charge is 2.17. The molecule has 0 saturated heterocycles. The molecular weight excluding hydrogens is 290 g/mol. The van der Waals surface area contributed by atoms with Gasteiger partial charge in [0.05, 0.1) is 4.90 Å². The lowest BCUT2D eigenvalue weighted by molar-refractivity contribution is 0.271. The van der Waals surface area contributed by atoms with Crippen molar-refractivity contribution < 1.29 is 17.0 Å². The van der Waals surface area contributed by atoms with Gasteiger partial charge in [-0.3, -0.25) is 4.18 Å². The lowest BCUT2D eigenvalue weighted by atomic mass is 10.2. The number of aryl methyl sites for hydroxylation is 1. The van der Waals surface area contributed by atoms with Crippen molar-refractivity contribution in [1.29, 1.82) is 0 Å². The number of aromatic nitrogens is 1. The molecule has 0 saturated carbocycles. The summed E-state index contributed by atoms with van der Waals surface area (Å²) in [6.07, 6.45) is 0. The maximum absolute atomic E-state index is 12.0. The van der Waals surface area contributed by atoms with Crippen LogP contribution in [0.2, 0.25) is 0 Å². The first-order valence-corrected chi connectivity index (χ1v) is 7.76. The molecular formula is C15H13NO4S. The zero-order valence-electron chi connectivity index (χ0n) is 11.3. The molecule has 0 atom stereocenters. The van der Waals surface area contributed by atoms with Crippen LogP contribution in [0.3, 0.4) is 0 Å². The van der Waals surface area contributed by atoms with Crippen LogP contribution in [0.5, 0.6) is 0 Å². The van der Waals surface area contributed by atoms with E-state index in [1.165, 1.54) is 12.1 Å². The van der Waals surface area contributed by atoms with Crippen molar-refractivity contribution in [3.05, 3.63) is 60.0 Å². The second-order valence-electron chi connectivity index (χ2n) is 4.60. The second-order valence-corrected chi connectivity index (χ2v) is 6.22. The Balaban J connectivity index is 1.78. The van der Waals surface area contributed by atoms with Crippen LogP contribution in [-0.2, 0) is 20.9 Å². The van der Waals surface area contributed by atoms with Crippen molar-refractivity contribution in [1.82, 2.24) is 4.98 Å². The zero-order chi connectivity index (χ0) is 14.9. The normalized spacial score (nSPS) is 11.9. The summed E-state index contributed by atoms with van der Waals surface area (Å²) in [4.78, 5) is 4.28. The van der Waals surface area contributed by atoms with Crippen LogP contribution in [0.4, 0.5) is 0 Å². The first kappa shape index (κ1) is 13.8. The highest BCUT2D eigenvalue weighted by Crippen LogP contribution is 2.18. The Morgan fingerprint density at radius 2 is 1.81 bits per heavy atom. The van der Waals surface area contributed by atoms with Crippen LogP contribution in [0.1, 0.15) is 11.5 Å². The van der Waals surface area contributed by atoms with Gasteiger partial charge >= 0.3 is 0 Å². The summed E-state index contributed by atoms with van der Waals surface area (Å²) < 4.78 is 34.5. The lowest BCUT2D eigenvalue weighted by Gasteiger charge is -2.03. The van der Waals surface area contributed by atoms with Crippen LogP contribution in [0.25, 0.3) is 11.1 Å². The molecule has 0 radical (unpaired) electrons. The van der Waals surface area contributed by atoms with Crippen LogP contribution in [-0.4, -0.2) is 13.4 Å². The third-order valence-electron chi connectivity index (χ3n) is 2.99. The molecule has 0 unspecified atom stereocenters. The molecule has 5 nitrogen and oxygen atoms in total. The van der Waals surface area contributed by atoms with Crippen LogP contribution >= 0.6 is 0 Å². The highest BCUT2D eigenvalue weighted by molar-refractivity contribution is 7.86. The van der Waals surface area contributed by atoms with Crippen molar-refractivity contribution in [3.8, 4) is 0 Å². The van der Waals surface area contributed by atoms with Crippen molar-refractivity contribution >= 4 is 21.2 Å². The van der Waals surface area contributed by atoms with Gasteiger partial charge in [0.1, 0.15) is 12.1 Å². The molecule has 0 aliphatic rings. The van der Waals surface area contributed by atoms with Crippen LogP contribution in [0, 0.1) is 6.92 Å². The van der Waals surface area contributed by atoms with E-state index in [1.807, 2.05) is 19.1 Å². The molecule has 0 spiro atoms. The van der Waals surface area contributed by atoms with Gasteiger partial charge in [-0.25, -0.2) is 4.98 Å². The van der Waals surface area contributed by atoms with Crippen LogP contribution < -0.4 is 0 Å². The first-order chi connectivity index (χ1) is 10.0. The van der Waals surface area contributed by atoms with Gasteiger partial charge in [-0.15, -0.1) is 0 Å². The average Bonchev–Trinajstić information content (AvgIpc) is 2.89. The maximum Gasteiger partial charge on any atom is 0.297 e. The largest absolute Gasteiger partial charge is 0.438 e. The van der Waals surface area contributed by atoms with Crippen LogP contribution in [0.15, 0.2) is 57.8 Å². The second kappa shape index (κ2) is 5.31. The molecule has 108 valence electrons. The smallest absolute Gasteiger partial charge is 0.297 e. The molecule has 0 fully saturated rings. The van der Waals surface area contributed by atoms with Gasteiger partial charge in [0.2, 0.25) is 5.89 Å². The van der Waals surface area contributed by atoms with E-state index in [0.29, 0.717) is 11.1 Å². The van der Waals surface area contributed by atoms with Crippen molar-refractivity contribution in [3.63, 3.8) is 0 Å². The Morgan fingerprint density at radius 3 is 2.52 bits per heavy atom. The summed E-state index contributed by atoms with van der Waals surface area (Å²) in [5, 5.41) is 0. The summed E-state index contributed by atoms with van der Waals surface area (Å²) in [5.74, 6) is 0.229. The number of hydrogen-bond acceptors (Lipinski definition) is 5. The van der Waals surface area contributed by atoms with E-state index in [-0.39, 0.29) is 17.4 Å². The summed E-state index contributed by atoms with van der Waals surface area (Å²) in [7, 11) is -3.81. The lowest BCUT2D eigenvalue weighted by Crippen LogP contribution is -2.06. The molecule has 3 aromatic rings. The minimum atomic E-state index is -3.81.